The van der Waals surface area contributed by atoms with Gasteiger partial charge in [0.1, 0.15) is 18.4 Å². The lowest BCUT2D eigenvalue weighted by Crippen LogP contribution is -2.29. The van der Waals surface area contributed by atoms with Crippen molar-refractivity contribution in [1.29, 1.82) is 10.7 Å². The summed E-state index contributed by atoms with van der Waals surface area (Å²) >= 11 is 9.11. The molecule has 0 atom stereocenters. The molecule has 0 spiro atoms. The lowest BCUT2D eigenvalue weighted by atomic mass is 9.97. The molecule has 0 unspecified atom stereocenters. The summed E-state index contributed by atoms with van der Waals surface area (Å²) in [5.41, 5.74) is -1.23. The normalized spacial score (nSPS) is 11.7. The summed E-state index contributed by atoms with van der Waals surface area (Å²) in [6, 6.07) is 6.20. The van der Waals surface area contributed by atoms with Gasteiger partial charge in [0, 0.05) is 17.1 Å². The number of nitriles is 1. The third-order valence-electron chi connectivity index (χ3n) is 4.28. The molecule has 0 saturated heterocycles. The van der Waals surface area contributed by atoms with Gasteiger partial charge in [-0.3, -0.25) is 10.2 Å². The van der Waals surface area contributed by atoms with Crippen LogP contribution in [0.15, 0.2) is 28.7 Å². The molecule has 0 aliphatic heterocycles. The molecule has 0 saturated carbocycles. The van der Waals surface area contributed by atoms with Crippen molar-refractivity contribution in [2.24, 2.45) is 7.05 Å². The van der Waals surface area contributed by atoms with Crippen molar-refractivity contribution in [3.63, 3.8) is 0 Å². The second-order valence-electron chi connectivity index (χ2n) is 6.13. The molecule has 5 nitrogen and oxygen atoms in total. The van der Waals surface area contributed by atoms with Gasteiger partial charge in [-0.05, 0) is 40.2 Å². The lowest BCUT2D eigenvalue weighted by Gasteiger charge is -2.12. The minimum absolute atomic E-state index is 0.0217. The number of alkyl halides is 3. The van der Waals surface area contributed by atoms with Crippen LogP contribution < -0.4 is 5.62 Å². The summed E-state index contributed by atoms with van der Waals surface area (Å²) in [5, 5.41) is 17.6. The van der Waals surface area contributed by atoms with E-state index in [9.17, 15) is 27.6 Å². The second kappa shape index (κ2) is 7.31. The summed E-state index contributed by atoms with van der Waals surface area (Å²) in [7, 11) is 1.32. The van der Waals surface area contributed by atoms with Crippen LogP contribution in [0, 0.1) is 22.6 Å². The van der Waals surface area contributed by atoms with Crippen molar-refractivity contribution in [2.75, 3.05) is 0 Å². The zero-order valence-electron chi connectivity index (χ0n) is 14.5. The zero-order valence-corrected chi connectivity index (χ0v) is 16.9. The van der Waals surface area contributed by atoms with E-state index < -0.39 is 29.9 Å². The first-order chi connectivity index (χ1) is 13.5. The number of aromatic nitrogens is 2. The van der Waals surface area contributed by atoms with E-state index in [0.717, 1.165) is 16.7 Å². The van der Waals surface area contributed by atoms with Gasteiger partial charge in [0.25, 0.3) is 0 Å². The fourth-order valence-corrected chi connectivity index (χ4v) is 3.85. The minimum atomic E-state index is -4.60. The van der Waals surface area contributed by atoms with E-state index in [4.69, 9.17) is 17.0 Å². The monoisotopic (exact) mass is 488 g/mol. The van der Waals surface area contributed by atoms with Crippen LogP contribution in [0.4, 0.5) is 17.6 Å². The Hall–Kier alpha value is -2.64. The predicted molar refractivity (Wildman–Crippen MR) is 100 cm³/mol. The molecule has 2 aromatic carbocycles. The third kappa shape index (κ3) is 3.68. The van der Waals surface area contributed by atoms with Gasteiger partial charge in [0.2, 0.25) is 5.62 Å². The summed E-state index contributed by atoms with van der Waals surface area (Å²) in [6.07, 6.45) is -4.60. The number of imidazole rings is 1. The molecule has 150 valence electrons. The van der Waals surface area contributed by atoms with Gasteiger partial charge in [0.15, 0.2) is 5.78 Å². The summed E-state index contributed by atoms with van der Waals surface area (Å²) in [4.78, 5) is 13.0. The maximum Gasteiger partial charge on any atom is 0.406 e. The molecule has 0 aliphatic carbocycles. The number of aryl methyl sites for hydroxylation is 1. The average molecular weight is 490 g/mol. The first kappa shape index (κ1) is 21.1. The van der Waals surface area contributed by atoms with Crippen LogP contribution in [0.5, 0.6) is 0 Å². The van der Waals surface area contributed by atoms with Crippen molar-refractivity contribution in [3.8, 4) is 6.07 Å². The fourth-order valence-electron chi connectivity index (χ4n) is 3.05. The Morgan fingerprint density at radius 3 is 2.59 bits per heavy atom. The Morgan fingerprint density at radius 2 is 2.00 bits per heavy atom. The first-order valence-corrected chi connectivity index (χ1v) is 9.06. The molecular formula is C18H10BrClF4N4O. The number of carbonyl (C=O) groups is 1. The largest absolute Gasteiger partial charge is 0.406 e. The quantitative estimate of drug-likeness (QED) is 0.429. The fraction of sp³-hybridized carbons (Fsp3) is 0.167. The molecule has 3 rings (SSSR count). The molecule has 0 amide bonds. The third-order valence-corrected chi connectivity index (χ3v) is 5.24. The highest BCUT2D eigenvalue weighted by Gasteiger charge is 2.31. The van der Waals surface area contributed by atoms with E-state index in [-0.39, 0.29) is 37.2 Å². The van der Waals surface area contributed by atoms with E-state index in [0.29, 0.717) is 4.57 Å². The van der Waals surface area contributed by atoms with Crippen molar-refractivity contribution < 1.29 is 22.4 Å². The van der Waals surface area contributed by atoms with Crippen LogP contribution in [0.2, 0.25) is 5.02 Å². The van der Waals surface area contributed by atoms with Crippen LogP contribution in [0.1, 0.15) is 21.5 Å². The molecule has 1 N–H and O–H groups in total. The van der Waals surface area contributed by atoms with Gasteiger partial charge in [-0.25, -0.2) is 4.39 Å². The molecule has 0 fully saturated rings. The van der Waals surface area contributed by atoms with Crippen LogP contribution in [-0.2, 0) is 13.6 Å². The van der Waals surface area contributed by atoms with Crippen LogP contribution >= 0.6 is 27.5 Å². The Morgan fingerprint density at radius 1 is 1.34 bits per heavy atom. The van der Waals surface area contributed by atoms with Crippen molar-refractivity contribution >= 4 is 44.3 Å². The van der Waals surface area contributed by atoms with E-state index in [1.807, 2.05) is 6.07 Å². The number of ketones is 1. The Bertz CT molecular complexity index is 1270. The number of carbonyl (C=O) groups excluding carboxylic acids is 1. The van der Waals surface area contributed by atoms with Crippen LogP contribution in [0.3, 0.4) is 0 Å². The van der Waals surface area contributed by atoms with E-state index in [1.165, 1.54) is 19.2 Å². The summed E-state index contributed by atoms with van der Waals surface area (Å²) in [6.45, 7) is -1.44. The maximum absolute atomic E-state index is 13.6. The number of nitrogens with zero attached hydrogens (tertiary/aromatic N) is 3. The number of hydrogen-bond acceptors (Lipinski definition) is 3. The average Bonchev–Trinajstić information content (AvgIpc) is 2.85. The van der Waals surface area contributed by atoms with Gasteiger partial charge in [-0.15, -0.1) is 0 Å². The predicted octanol–water partition coefficient (Wildman–Crippen LogP) is 4.68. The molecule has 0 aliphatic rings. The smallest absolute Gasteiger partial charge is 0.312 e. The van der Waals surface area contributed by atoms with Gasteiger partial charge in [-0.2, -0.15) is 18.4 Å². The van der Waals surface area contributed by atoms with Gasteiger partial charge in [0.05, 0.1) is 27.2 Å². The standard InChI is InChI=1S/C18H10BrClF4N4O/c1-27-15-10(6-25)14(16(29)9-4-8(21)2-3-12(9)20)11(19)5-13(15)28(17(27)26)7-18(22,23)24/h2-5,26H,7H2,1H3. The molecule has 1 aromatic heterocycles. The number of rotatable bonds is 3. The van der Waals surface area contributed by atoms with Crippen LogP contribution in [0.25, 0.3) is 11.0 Å². The molecule has 3 aromatic rings. The second-order valence-corrected chi connectivity index (χ2v) is 7.39. The minimum Gasteiger partial charge on any atom is -0.312 e. The van der Waals surface area contributed by atoms with Gasteiger partial charge in [-0.1, -0.05) is 11.6 Å². The maximum atomic E-state index is 13.6. The molecular weight excluding hydrogens is 480 g/mol. The Kier molecular flexibility index (Phi) is 5.32. The molecule has 29 heavy (non-hydrogen) atoms. The highest BCUT2D eigenvalue weighted by atomic mass is 79.9. The molecule has 0 radical (unpaired) electrons. The van der Waals surface area contributed by atoms with Crippen molar-refractivity contribution in [2.45, 2.75) is 12.7 Å². The first-order valence-electron chi connectivity index (χ1n) is 7.89. The highest BCUT2D eigenvalue weighted by molar-refractivity contribution is 9.10. The number of benzene rings is 2. The van der Waals surface area contributed by atoms with Crippen LogP contribution in [-0.4, -0.2) is 21.1 Å². The molecule has 0 bridgehead atoms. The molecule has 1 heterocycles. The number of halogens is 6. The number of fused-ring (bicyclic) bond motifs is 1. The SMILES string of the molecule is Cn1c(=N)n(CC(F)(F)F)c2cc(Br)c(C(=O)c3cc(F)ccc3Cl)c(C#N)c21. The lowest BCUT2D eigenvalue weighted by molar-refractivity contribution is -0.140. The highest BCUT2D eigenvalue weighted by Crippen LogP contribution is 2.33. The Labute approximate surface area is 174 Å². The van der Waals surface area contributed by atoms with Crippen molar-refractivity contribution in [1.82, 2.24) is 9.13 Å². The van der Waals surface area contributed by atoms with E-state index in [2.05, 4.69) is 15.9 Å². The van der Waals surface area contributed by atoms with Crippen molar-refractivity contribution in [3.05, 3.63) is 61.9 Å². The van der Waals surface area contributed by atoms with E-state index >= 15 is 0 Å². The number of hydrogen-bond donors (Lipinski definition) is 1. The zero-order chi connectivity index (χ0) is 21.7. The van der Waals surface area contributed by atoms with Gasteiger partial charge < -0.3 is 9.13 Å². The number of nitrogens with one attached hydrogen (secondary N) is 1. The summed E-state index contributed by atoms with van der Waals surface area (Å²) < 4.78 is 54.3. The Balaban J connectivity index is 2.37. The van der Waals surface area contributed by atoms with Gasteiger partial charge >= 0.3 is 6.18 Å². The molecule has 11 heteroatoms. The van der Waals surface area contributed by atoms with E-state index in [1.54, 1.807) is 0 Å². The summed E-state index contributed by atoms with van der Waals surface area (Å²) in [5.74, 6) is -1.50. The topological polar surface area (TPSA) is 74.6 Å².